The molecule has 2 rings (SSSR count). The van der Waals surface area contributed by atoms with E-state index < -0.39 is 21.7 Å². The fourth-order valence-electron chi connectivity index (χ4n) is 1.92. The monoisotopic (exact) mass is 312 g/mol. The predicted octanol–water partition coefficient (Wildman–Crippen LogP) is 2.76. The Morgan fingerprint density at radius 3 is 2.33 bits per heavy atom. The third-order valence-electron chi connectivity index (χ3n) is 2.97. The number of hydrogen-bond donors (Lipinski definition) is 1. The molecule has 0 aliphatic rings. The lowest BCUT2D eigenvalue weighted by molar-refractivity contribution is 0.583. The average molecular weight is 312 g/mol. The maximum Gasteiger partial charge on any atom is 0.264 e. The lowest BCUT2D eigenvalue weighted by atomic mass is 10.3. The minimum absolute atomic E-state index is 0.00919. The van der Waals surface area contributed by atoms with Crippen LogP contribution in [0.15, 0.2) is 47.4 Å². The summed E-state index contributed by atoms with van der Waals surface area (Å²) < 4.78 is 53.2. The van der Waals surface area contributed by atoms with Crippen LogP contribution in [0.2, 0.25) is 0 Å². The molecule has 112 valence electrons. The summed E-state index contributed by atoms with van der Waals surface area (Å²) in [7, 11) is -4.07. The molecule has 0 bridgehead atoms. The summed E-state index contributed by atoms with van der Waals surface area (Å²) in [4.78, 5) is -0.278. The molecule has 0 aliphatic carbocycles. The van der Waals surface area contributed by atoms with Crippen molar-refractivity contribution in [2.75, 3.05) is 16.6 Å². The minimum atomic E-state index is -4.07. The zero-order chi connectivity index (χ0) is 15.6. The first-order valence-corrected chi connectivity index (χ1v) is 7.64. The van der Waals surface area contributed by atoms with E-state index in [1.54, 1.807) is 6.92 Å². The van der Waals surface area contributed by atoms with Crippen LogP contribution in [0.5, 0.6) is 0 Å². The molecular formula is C14H14F2N2O2S. The van der Waals surface area contributed by atoms with E-state index in [1.807, 2.05) is 0 Å². The number of nitrogens with zero attached hydrogens (tertiary/aromatic N) is 1. The van der Waals surface area contributed by atoms with Crippen LogP contribution in [0.25, 0.3) is 0 Å². The molecule has 4 nitrogen and oxygen atoms in total. The van der Waals surface area contributed by atoms with Gasteiger partial charge in [0.05, 0.1) is 16.3 Å². The van der Waals surface area contributed by atoms with Crippen LogP contribution >= 0.6 is 0 Å². The fraction of sp³-hybridized carbons (Fsp3) is 0.143. The van der Waals surface area contributed by atoms with Gasteiger partial charge >= 0.3 is 0 Å². The topological polar surface area (TPSA) is 63.4 Å². The average Bonchev–Trinajstić information content (AvgIpc) is 2.44. The highest BCUT2D eigenvalue weighted by molar-refractivity contribution is 7.92. The van der Waals surface area contributed by atoms with E-state index in [0.29, 0.717) is 0 Å². The second kappa shape index (κ2) is 5.69. The van der Waals surface area contributed by atoms with Crippen molar-refractivity contribution in [1.29, 1.82) is 0 Å². The molecule has 0 unspecified atom stereocenters. The molecule has 0 saturated heterocycles. The molecule has 0 spiro atoms. The van der Waals surface area contributed by atoms with Crippen LogP contribution in [0.3, 0.4) is 0 Å². The number of nitrogen functional groups attached to an aromatic ring is 1. The van der Waals surface area contributed by atoms with Crippen LogP contribution in [-0.4, -0.2) is 15.0 Å². The number of rotatable bonds is 4. The highest BCUT2D eigenvalue weighted by Crippen LogP contribution is 2.27. The number of benzene rings is 2. The first-order valence-electron chi connectivity index (χ1n) is 6.20. The molecule has 2 N–H and O–H groups in total. The summed E-state index contributed by atoms with van der Waals surface area (Å²) in [6, 6.07) is 8.69. The molecule has 0 fully saturated rings. The number of hydrogen-bond acceptors (Lipinski definition) is 3. The molecule has 7 heteroatoms. The third kappa shape index (κ3) is 2.82. The van der Waals surface area contributed by atoms with E-state index in [4.69, 9.17) is 5.73 Å². The molecule has 2 aromatic carbocycles. The first-order chi connectivity index (χ1) is 9.87. The van der Waals surface area contributed by atoms with E-state index in [0.717, 1.165) is 22.5 Å². The van der Waals surface area contributed by atoms with Crippen LogP contribution < -0.4 is 10.0 Å². The number of anilines is 2. The number of nitrogens with two attached hydrogens (primary N) is 1. The normalized spacial score (nSPS) is 11.4. The Hall–Kier alpha value is -2.15. The molecular weight excluding hydrogens is 298 g/mol. The van der Waals surface area contributed by atoms with Gasteiger partial charge in [-0.2, -0.15) is 0 Å². The molecule has 2 aromatic rings. The minimum Gasteiger partial charge on any atom is -0.396 e. The lowest BCUT2D eigenvalue weighted by Crippen LogP contribution is -2.31. The summed E-state index contributed by atoms with van der Waals surface area (Å²) in [5, 5.41) is 0. The highest BCUT2D eigenvalue weighted by atomic mass is 32.2. The molecule has 0 amide bonds. The van der Waals surface area contributed by atoms with E-state index >= 15 is 0 Å². The van der Waals surface area contributed by atoms with Crippen molar-refractivity contribution in [2.24, 2.45) is 0 Å². The third-order valence-corrected chi connectivity index (χ3v) is 4.85. The van der Waals surface area contributed by atoms with Crippen molar-refractivity contribution in [1.82, 2.24) is 0 Å². The summed E-state index contributed by atoms with van der Waals surface area (Å²) in [5.41, 5.74) is 5.10. The van der Waals surface area contributed by atoms with Crippen molar-refractivity contribution >= 4 is 21.4 Å². The van der Waals surface area contributed by atoms with Crippen molar-refractivity contribution in [3.63, 3.8) is 0 Å². The van der Waals surface area contributed by atoms with Crippen LogP contribution in [-0.2, 0) is 10.0 Å². The zero-order valence-electron chi connectivity index (χ0n) is 11.3. The quantitative estimate of drug-likeness (QED) is 0.883. The molecule has 0 atom stereocenters. The van der Waals surface area contributed by atoms with Crippen LogP contribution in [0.4, 0.5) is 20.2 Å². The maximum atomic E-state index is 13.8. The Bertz CT molecular complexity index is 763. The smallest absolute Gasteiger partial charge is 0.264 e. The standard InChI is InChI=1S/C14H14F2N2O2S/c1-2-18(14-6-4-3-5-11(14)15)21(19,20)10-7-8-13(17)12(16)9-10/h3-9H,2,17H2,1H3. The summed E-state index contributed by atoms with van der Waals surface area (Å²) in [6.07, 6.45) is 0. The molecule has 0 radical (unpaired) electrons. The molecule has 21 heavy (non-hydrogen) atoms. The number of halogens is 2. The van der Waals surface area contributed by atoms with Gasteiger partial charge in [-0.3, -0.25) is 4.31 Å². The number of sulfonamides is 1. The second-order valence-corrected chi connectivity index (χ2v) is 6.17. The molecule has 0 heterocycles. The zero-order valence-corrected chi connectivity index (χ0v) is 12.1. The Labute approximate surface area is 121 Å². The van der Waals surface area contributed by atoms with Gasteiger partial charge < -0.3 is 5.73 Å². The van der Waals surface area contributed by atoms with Crippen molar-refractivity contribution < 1.29 is 17.2 Å². The van der Waals surface area contributed by atoms with Gasteiger partial charge in [-0.15, -0.1) is 0 Å². The van der Waals surface area contributed by atoms with Gasteiger partial charge in [0.25, 0.3) is 10.0 Å². The molecule has 0 aromatic heterocycles. The van der Waals surface area contributed by atoms with Gasteiger partial charge in [-0.05, 0) is 37.3 Å². The van der Waals surface area contributed by atoms with E-state index in [1.165, 1.54) is 24.3 Å². The van der Waals surface area contributed by atoms with Gasteiger partial charge in [-0.25, -0.2) is 17.2 Å². The predicted molar refractivity (Wildman–Crippen MR) is 77.4 cm³/mol. The fourth-order valence-corrected chi connectivity index (χ4v) is 3.41. The molecule has 0 saturated carbocycles. The van der Waals surface area contributed by atoms with E-state index in [2.05, 4.69) is 0 Å². The van der Waals surface area contributed by atoms with E-state index in [9.17, 15) is 17.2 Å². The van der Waals surface area contributed by atoms with Crippen LogP contribution in [0.1, 0.15) is 6.92 Å². The van der Waals surface area contributed by atoms with Gasteiger partial charge in [0, 0.05) is 6.54 Å². The molecule has 0 aliphatic heterocycles. The van der Waals surface area contributed by atoms with Crippen molar-refractivity contribution in [3.8, 4) is 0 Å². The van der Waals surface area contributed by atoms with Gasteiger partial charge in [0.1, 0.15) is 11.6 Å². The second-order valence-electron chi connectivity index (χ2n) is 4.30. The van der Waals surface area contributed by atoms with Gasteiger partial charge in [0.2, 0.25) is 0 Å². The Morgan fingerprint density at radius 1 is 1.10 bits per heavy atom. The SMILES string of the molecule is CCN(c1ccccc1F)S(=O)(=O)c1ccc(N)c(F)c1. The Balaban J connectivity index is 2.55. The van der Waals surface area contributed by atoms with Gasteiger partial charge in [-0.1, -0.05) is 12.1 Å². The summed E-state index contributed by atoms with van der Waals surface area (Å²) in [5.74, 6) is -1.50. The largest absolute Gasteiger partial charge is 0.396 e. The van der Waals surface area contributed by atoms with Crippen LogP contribution in [0, 0.1) is 11.6 Å². The Morgan fingerprint density at radius 2 is 1.76 bits per heavy atom. The van der Waals surface area contributed by atoms with Crippen molar-refractivity contribution in [2.45, 2.75) is 11.8 Å². The lowest BCUT2D eigenvalue weighted by Gasteiger charge is -2.23. The summed E-state index contributed by atoms with van der Waals surface area (Å²) in [6.45, 7) is 1.58. The Kier molecular flexibility index (Phi) is 4.13. The summed E-state index contributed by atoms with van der Waals surface area (Å²) >= 11 is 0. The van der Waals surface area contributed by atoms with Gasteiger partial charge in [0.15, 0.2) is 0 Å². The number of para-hydroxylation sites is 1. The first kappa shape index (κ1) is 15.2. The highest BCUT2D eigenvalue weighted by Gasteiger charge is 2.26. The van der Waals surface area contributed by atoms with Crippen molar-refractivity contribution in [3.05, 3.63) is 54.1 Å². The maximum absolute atomic E-state index is 13.8. The van der Waals surface area contributed by atoms with E-state index in [-0.39, 0.29) is 22.8 Å².